The molecule has 0 radical (unpaired) electrons. The van der Waals surface area contributed by atoms with E-state index in [0.717, 1.165) is 11.5 Å². The van der Waals surface area contributed by atoms with Crippen LogP contribution < -0.4 is 14.4 Å². The largest absolute Gasteiger partial charge is 0.497 e. The Morgan fingerprint density at radius 2 is 1.81 bits per heavy atom. The number of rotatable bonds is 3. The van der Waals surface area contributed by atoms with Gasteiger partial charge in [-0.25, -0.2) is 4.79 Å². The fourth-order valence-electron chi connectivity index (χ4n) is 1.24. The molecule has 2 rings (SSSR count). The van der Waals surface area contributed by atoms with Gasteiger partial charge >= 0.3 is 4.94 Å². The minimum Gasteiger partial charge on any atom is -0.497 e. The van der Waals surface area contributed by atoms with Gasteiger partial charge in [-0.05, 0) is 12.1 Å². The van der Waals surface area contributed by atoms with Crippen molar-refractivity contribution in [3.8, 4) is 23.0 Å². The molecule has 0 spiro atoms. The van der Waals surface area contributed by atoms with Crippen molar-refractivity contribution in [3.05, 3.63) is 27.9 Å². The van der Waals surface area contributed by atoms with E-state index in [0.29, 0.717) is 17.1 Å². The highest BCUT2D eigenvalue weighted by Gasteiger charge is 2.09. The van der Waals surface area contributed by atoms with Gasteiger partial charge in [-0.1, -0.05) is 0 Å². The van der Waals surface area contributed by atoms with Gasteiger partial charge in [0.25, 0.3) is 0 Å². The Kier molecular flexibility index (Phi) is 2.91. The molecule has 0 N–H and O–H groups in total. The molecule has 0 aliphatic carbocycles. The maximum absolute atomic E-state index is 10.9. The van der Waals surface area contributed by atoms with Gasteiger partial charge < -0.3 is 13.9 Å². The lowest BCUT2D eigenvalue weighted by molar-refractivity contribution is 0.394. The average Bonchev–Trinajstić information content (AvgIpc) is 2.75. The van der Waals surface area contributed by atoms with E-state index in [2.05, 4.69) is 4.37 Å². The third-order valence-corrected chi connectivity index (χ3v) is 2.47. The van der Waals surface area contributed by atoms with Gasteiger partial charge in [0.1, 0.15) is 11.5 Å². The molecule has 6 heteroatoms. The SMILES string of the molecule is COc1cc(OC)cc(-c2nsc(=O)o2)c1. The minimum atomic E-state index is -0.434. The zero-order valence-corrected chi connectivity index (χ0v) is 9.54. The molecule has 0 unspecified atom stereocenters. The second kappa shape index (κ2) is 4.36. The quantitative estimate of drug-likeness (QED) is 0.817. The summed E-state index contributed by atoms with van der Waals surface area (Å²) in [5, 5.41) is 0. The van der Waals surface area contributed by atoms with Crippen LogP contribution in [0.3, 0.4) is 0 Å². The van der Waals surface area contributed by atoms with E-state index in [1.54, 1.807) is 32.4 Å². The van der Waals surface area contributed by atoms with Crippen molar-refractivity contribution in [1.29, 1.82) is 0 Å². The fourth-order valence-corrected chi connectivity index (χ4v) is 1.65. The van der Waals surface area contributed by atoms with Gasteiger partial charge in [-0.3, -0.25) is 0 Å². The number of hydrogen-bond acceptors (Lipinski definition) is 6. The van der Waals surface area contributed by atoms with Crippen LogP contribution in [0.4, 0.5) is 0 Å². The van der Waals surface area contributed by atoms with Crippen molar-refractivity contribution in [2.75, 3.05) is 14.2 Å². The number of aromatic nitrogens is 1. The average molecular weight is 239 g/mol. The number of hydrogen-bond donors (Lipinski definition) is 0. The Bertz CT molecular complexity index is 523. The first-order valence-electron chi connectivity index (χ1n) is 4.43. The number of nitrogens with zero attached hydrogens (tertiary/aromatic N) is 1. The van der Waals surface area contributed by atoms with E-state index in [1.807, 2.05) is 0 Å². The van der Waals surface area contributed by atoms with Gasteiger partial charge in [0, 0.05) is 11.6 Å². The Hall–Kier alpha value is -1.82. The van der Waals surface area contributed by atoms with Crippen molar-refractivity contribution in [2.45, 2.75) is 0 Å². The molecular formula is C10H9NO4S. The highest BCUT2D eigenvalue weighted by atomic mass is 32.1. The zero-order valence-electron chi connectivity index (χ0n) is 8.72. The predicted molar refractivity (Wildman–Crippen MR) is 59.2 cm³/mol. The Labute approximate surface area is 95.4 Å². The lowest BCUT2D eigenvalue weighted by atomic mass is 10.2. The Balaban J connectivity index is 2.51. The van der Waals surface area contributed by atoms with Crippen LogP contribution in [0.15, 0.2) is 27.4 Å². The van der Waals surface area contributed by atoms with Crippen LogP contribution in [0.1, 0.15) is 0 Å². The van der Waals surface area contributed by atoms with Crippen LogP contribution in [0.5, 0.6) is 11.5 Å². The van der Waals surface area contributed by atoms with Crippen molar-refractivity contribution in [3.63, 3.8) is 0 Å². The second-order valence-corrected chi connectivity index (χ2v) is 3.64. The first-order valence-corrected chi connectivity index (χ1v) is 5.20. The highest BCUT2D eigenvalue weighted by Crippen LogP contribution is 2.28. The van der Waals surface area contributed by atoms with E-state index in [9.17, 15) is 4.79 Å². The van der Waals surface area contributed by atoms with Crippen LogP contribution in [-0.4, -0.2) is 18.6 Å². The molecule has 84 valence electrons. The van der Waals surface area contributed by atoms with Gasteiger partial charge in [0.05, 0.1) is 25.8 Å². The lowest BCUT2D eigenvalue weighted by Gasteiger charge is -2.05. The van der Waals surface area contributed by atoms with Crippen LogP contribution in [0.25, 0.3) is 11.5 Å². The minimum absolute atomic E-state index is 0.271. The van der Waals surface area contributed by atoms with Crippen molar-refractivity contribution >= 4 is 11.5 Å². The summed E-state index contributed by atoms with van der Waals surface area (Å²) in [5.41, 5.74) is 0.648. The first-order chi connectivity index (χ1) is 7.72. The summed E-state index contributed by atoms with van der Waals surface area (Å²) >= 11 is 0.772. The van der Waals surface area contributed by atoms with Crippen LogP contribution in [-0.2, 0) is 0 Å². The smallest absolute Gasteiger partial charge is 0.414 e. The maximum Gasteiger partial charge on any atom is 0.414 e. The highest BCUT2D eigenvalue weighted by molar-refractivity contribution is 7.02. The standard InChI is InChI=1S/C10H9NO4S/c1-13-7-3-6(4-8(5-7)14-2)9-11-16-10(12)15-9/h3-5H,1-2H3. The summed E-state index contributed by atoms with van der Waals surface area (Å²) in [6.07, 6.45) is 0. The van der Waals surface area contributed by atoms with E-state index >= 15 is 0 Å². The normalized spacial score (nSPS) is 10.1. The number of ether oxygens (including phenoxy) is 2. The molecule has 0 fully saturated rings. The lowest BCUT2D eigenvalue weighted by Crippen LogP contribution is -1.89. The summed E-state index contributed by atoms with van der Waals surface area (Å²) in [6.45, 7) is 0. The van der Waals surface area contributed by atoms with Gasteiger partial charge in [-0.15, -0.1) is 4.37 Å². The van der Waals surface area contributed by atoms with E-state index in [1.165, 1.54) is 0 Å². The molecule has 0 aliphatic rings. The third-order valence-electron chi connectivity index (χ3n) is 1.98. The van der Waals surface area contributed by atoms with Crippen LogP contribution >= 0.6 is 11.5 Å². The molecule has 2 aromatic rings. The molecule has 0 bridgehead atoms. The molecule has 16 heavy (non-hydrogen) atoms. The van der Waals surface area contributed by atoms with E-state index in [4.69, 9.17) is 13.9 Å². The molecule has 0 saturated carbocycles. The number of methoxy groups -OCH3 is 2. The maximum atomic E-state index is 10.9. The topological polar surface area (TPSA) is 61.6 Å². The molecular weight excluding hydrogens is 230 g/mol. The Morgan fingerprint density at radius 3 is 2.25 bits per heavy atom. The fraction of sp³-hybridized carbons (Fsp3) is 0.200. The zero-order chi connectivity index (χ0) is 11.5. The van der Waals surface area contributed by atoms with Crippen LogP contribution in [0, 0.1) is 0 Å². The summed E-state index contributed by atoms with van der Waals surface area (Å²) in [5.74, 6) is 1.50. The van der Waals surface area contributed by atoms with Crippen molar-refractivity contribution in [2.24, 2.45) is 0 Å². The summed E-state index contributed by atoms with van der Waals surface area (Å²) in [6, 6.07) is 5.18. The molecule has 5 nitrogen and oxygen atoms in total. The molecule has 0 aliphatic heterocycles. The van der Waals surface area contributed by atoms with E-state index in [-0.39, 0.29) is 5.89 Å². The van der Waals surface area contributed by atoms with Gasteiger partial charge in [-0.2, -0.15) is 0 Å². The Morgan fingerprint density at radius 1 is 1.19 bits per heavy atom. The monoisotopic (exact) mass is 239 g/mol. The van der Waals surface area contributed by atoms with Gasteiger partial charge in [0.15, 0.2) is 0 Å². The first kappa shape index (κ1) is 10.7. The van der Waals surface area contributed by atoms with Crippen LogP contribution in [0.2, 0.25) is 0 Å². The molecule has 1 heterocycles. The predicted octanol–water partition coefficient (Wildman–Crippen LogP) is 1.78. The van der Waals surface area contributed by atoms with Crippen molar-refractivity contribution in [1.82, 2.24) is 4.37 Å². The molecule has 0 atom stereocenters. The van der Waals surface area contributed by atoms with Crippen molar-refractivity contribution < 1.29 is 13.9 Å². The number of benzene rings is 1. The summed E-state index contributed by atoms with van der Waals surface area (Å²) < 4.78 is 19.0. The van der Waals surface area contributed by atoms with E-state index < -0.39 is 4.94 Å². The molecule has 0 saturated heterocycles. The second-order valence-electron chi connectivity index (χ2n) is 2.94. The third kappa shape index (κ3) is 2.06. The molecule has 1 aromatic heterocycles. The molecule has 1 aromatic carbocycles. The molecule has 0 amide bonds. The van der Waals surface area contributed by atoms with Gasteiger partial charge in [0.2, 0.25) is 5.89 Å². The summed E-state index contributed by atoms with van der Waals surface area (Å²) in [4.78, 5) is 10.5. The summed E-state index contributed by atoms with van der Waals surface area (Å²) in [7, 11) is 3.10.